The average molecular weight is 1350 g/mol. The molecule has 95 heavy (non-hydrogen) atoms. The summed E-state index contributed by atoms with van der Waals surface area (Å²) in [5, 5.41) is 34.7. The Morgan fingerprint density at radius 3 is 1.44 bits per heavy atom. The van der Waals surface area contributed by atoms with Gasteiger partial charge in [-0.3, -0.25) is 52.7 Å². The van der Waals surface area contributed by atoms with Crippen LogP contribution in [0.2, 0.25) is 0 Å². The van der Waals surface area contributed by atoms with Crippen LogP contribution in [-0.4, -0.2) is 275 Å². The molecule has 0 aliphatic carbocycles. The summed E-state index contributed by atoms with van der Waals surface area (Å²) in [5.74, 6) is -10.5. The van der Waals surface area contributed by atoms with Gasteiger partial charge in [0.15, 0.2) is 0 Å². The summed E-state index contributed by atoms with van der Waals surface area (Å²) in [7, 11) is 9.77. The zero-order valence-corrected chi connectivity index (χ0v) is 62.1. The highest BCUT2D eigenvalue weighted by Gasteiger charge is 2.47. The van der Waals surface area contributed by atoms with Gasteiger partial charge in [0.25, 0.3) is 0 Å². The van der Waals surface area contributed by atoms with Gasteiger partial charge >= 0.3 is 0 Å². The minimum atomic E-state index is -1.67. The van der Waals surface area contributed by atoms with Gasteiger partial charge in [-0.05, 0) is 128 Å². The van der Waals surface area contributed by atoms with Gasteiger partial charge in [0.1, 0.15) is 66.5 Å². The number of nitrogens with one attached hydrogen (secondary N) is 4. The molecular weight excluding hydrogens is 1220 g/mol. The van der Waals surface area contributed by atoms with Gasteiger partial charge < -0.3 is 75.4 Å². The number of carbonyl (C=O) groups excluding carboxylic acids is 11. The van der Waals surface area contributed by atoms with Crippen molar-refractivity contribution in [1.82, 2.24) is 60.5 Å². The number of rotatable bonds is 20. The molecule has 544 valence electrons. The smallest absolute Gasteiger partial charge is 0.248 e. The standard InChI is InChI=1S/C69H124N12O14/c1-25-27-30-45(13)57(82)56-61(86)72-48(26-2)63(88)78(22)53(39-95-34-33-81-31-28-29-32-81)66(91)77(21)52(38-69(16,17)94)60(85)73-54(43(9)10)67(92)74(18)49(35-40(3)4)59(84)70-46(14)58(83)71-47(15)62(87)75(19)50(36-41(5)6)64(89)76(20)51(37-42(7)8)65(90)79(23)55(44(11)12)68(93)80(56)24/h25,27,40-57,82,94H,26,28-39H2,1-24H3,(H,70,84)(H,71,83)(H,72,86)(H,73,85)/t45-,46+,47-,48+,49+,50+,51+,52+,53-,54+,55+,56+,57-/m1/s1. The van der Waals surface area contributed by atoms with Gasteiger partial charge in [0.2, 0.25) is 65.0 Å². The van der Waals surface area contributed by atoms with Crippen LogP contribution in [0.5, 0.6) is 0 Å². The molecule has 2 heterocycles. The Kier molecular flexibility index (Phi) is 34.5. The fraction of sp³-hybridized carbons (Fsp3) is 0.812. The minimum absolute atomic E-state index is 0.0526. The molecule has 0 saturated carbocycles. The van der Waals surface area contributed by atoms with E-state index in [4.69, 9.17) is 4.74 Å². The van der Waals surface area contributed by atoms with Crippen molar-refractivity contribution in [2.24, 2.45) is 35.5 Å². The van der Waals surface area contributed by atoms with Gasteiger partial charge in [-0.15, -0.1) is 0 Å². The van der Waals surface area contributed by atoms with Gasteiger partial charge in [-0.2, -0.15) is 0 Å². The maximum Gasteiger partial charge on any atom is 0.248 e. The van der Waals surface area contributed by atoms with Crippen molar-refractivity contribution in [2.75, 3.05) is 82.2 Å². The van der Waals surface area contributed by atoms with Crippen molar-refractivity contribution >= 4 is 65.0 Å². The summed E-state index contributed by atoms with van der Waals surface area (Å²) in [4.78, 5) is 175. The van der Waals surface area contributed by atoms with Crippen LogP contribution >= 0.6 is 0 Å². The summed E-state index contributed by atoms with van der Waals surface area (Å²) in [6.07, 6.45) is 4.29. The molecule has 26 heteroatoms. The van der Waals surface area contributed by atoms with E-state index in [0.717, 1.165) is 40.6 Å². The zero-order chi connectivity index (χ0) is 73.0. The van der Waals surface area contributed by atoms with Crippen molar-refractivity contribution in [2.45, 2.75) is 247 Å². The molecule has 11 amide bonds. The Labute approximate surface area is 568 Å². The second kappa shape index (κ2) is 38.6. The third-order valence-electron chi connectivity index (χ3n) is 18.4. The molecule has 0 aromatic heterocycles. The quantitative estimate of drug-likeness (QED) is 0.0755. The van der Waals surface area contributed by atoms with Crippen LogP contribution in [0.3, 0.4) is 0 Å². The molecule has 0 unspecified atom stereocenters. The Hall–Kier alpha value is -6.25. The number of likely N-dealkylation sites (N-methyl/N-ethyl adjacent to an activating group) is 7. The number of amides is 11. The largest absolute Gasteiger partial charge is 0.390 e. The highest BCUT2D eigenvalue weighted by Crippen LogP contribution is 2.27. The Balaban J connectivity index is 3.11. The molecule has 13 atom stereocenters. The predicted molar refractivity (Wildman–Crippen MR) is 365 cm³/mol. The van der Waals surface area contributed by atoms with E-state index in [-0.39, 0.29) is 69.5 Å². The van der Waals surface area contributed by atoms with Crippen molar-refractivity contribution in [3.8, 4) is 0 Å². The highest BCUT2D eigenvalue weighted by molar-refractivity contribution is 6.00. The topological polar surface area (TPSA) is 312 Å². The molecule has 2 saturated heterocycles. The second-order valence-electron chi connectivity index (χ2n) is 29.3. The van der Waals surface area contributed by atoms with Crippen LogP contribution in [0.4, 0.5) is 0 Å². The number of hydrogen-bond donors (Lipinski definition) is 6. The predicted octanol–water partition coefficient (Wildman–Crippen LogP) is 2.86. The summed E-state index contributed by atoms with van der Waals surface area (Å²) in [6.45, 7) is 30.9. The SMILES string of the molecule is CC=CC[C@@H](C)[C@@H](O)[C@H]1C(=O)N[C@@H](CC)C(=O)N(C)[C@H](COCCN2CCCC2)C(=O)N(C)[C@@H](CC(C)(C)O)C(=O)N[C@@H](C(C)C)C(=O)N(C)[C@@H](CC(C)C)C(=O)N[C@@H](C)C(=O)N[C@H](C)C(=O)N(C)[C@@H](CC(C)C)C(=O)N(C)[C@@H](CC(C)C)C(=O)N(C)[C@@H](C(C)C)C(=O)N1C. The second-order valence-corrected chi connectivity index (χ2v) is 29.3. The van der Waals surface area contributed by atoms with E-state index in [1.165, 1.54) is 96.6 Å². The van der Waals surface area contributed by atoms with Gasteiger partial charge in [0.05, 0.1) is 24.9 Å². The lowest BCUT2D eigenvalue weighted by Crippen LogP contribution is -2.64. The number of allylic oxidation sites excluding steroid dienone is 2. The molecule has 0 aromatic rings. The van der Waals surface area contributed by atoms with E-state index >= 15 is 28.8 Å². The van der Waals surface area contributed by atoms with Crippen molar-refractivity contribution < 1.29 is 67.7 Å². The van der Waals surface area contributed by atoms with E-state index < -0.39 is 161 Å². The molecule has 2 rings (SSSR count). The average Bonchev–Trinajstić information content (AvgIpc) is 1.29. The normalized spacial score (nSPS) is 27.3. The Morgan fingerprint density at radius 2 is 0.958 bits per heavy atom. The molecule has 2 aliphatic heterocycles. The Bertz CT molecular complexity index is 2610. The van der Waals surface area contributed by atoms with Crippen LogP contribution < -0.4 is 21.3 Å². The monoisotopic (exact) mass is 1340 g/mol. The first kappa shape index (κ1) is 84.8. The summed E-state index contributed by atoms with van der Waals surface area (Å²) in [5.41, 5.74) is -1.60. The van der Waals surface area contributed by atoms with Crippen molar-refractivity contribution in [3.63, 3.8) is 0 Å². The number of likely N-dealkylation sites (tertiary alicyclic amines) is 1. The number of carbonyl (C=O) groups is 11. The van der Waals surface area contributed by atoms with Crippen LogP contribution in [-0.2, 0) is 57.5 Å². The highest BCUT2D eigenvalue weighted by atomic mass is 16.5. The van der Waals surface area contributed by atoms with Crippen LogP contribution in [0.25, 0.3) is 0 Å². The number of hydrogen-bond acceptors (Lipinski definition) is 15. The fourth-order valence-corrected chi connectivity index (χ4v) is 12.4. The van der Waals surface area contributed by atoms with E-state index in [2.05, 4.69) is 26.2 Å². The van der Waals surface area contributed by atoms with E-state index in [9.17, 15) is 34.2 Å². The molecule has 0 aromatic carbocycles. The lowest BCUT2D eigenvalue weighted by atomic mass is 9.91. The first-order chi connectivity index (χ1) is 44.0. The van der Waals surface area contributed by atoms with Gasteiger partial charge in [0, 0.05) is 62.3 Å². The van der Waals surface area contributed by atoms with Gasteiger partial charge in [-0.25, -0.2) is 0 Å². The lowest BCUT2D eigenvalue weighted by molar-refractivity contribution is -0.157. The summed E-state index contributed by atoms with van der Waals surface area (Å²) < 4.78 is 6.20. The van der Waals surface area contributed by atoms with E-state index in [0.29, 0.717) is 6.54 Å². The molecule has 2 aliphatic rings. The van der Waals surface area contributed by atoms with Crippen LogP contribution in [0, 0.1) is 35.5 Å². The fourth-order valence-electron chi connectivity index (χ4n) is 12.4. The maximum absolute atomic E-state index is 15.4. The van der Waals surface area contributed by atoms with Crippen LogP contribution in [0.15, 0.2) is 12.2 Å². The third-order valence-corrected chi connectivity index (χ3v) is 18.4. The minimum Gasteiger partial charge on any atom is -0.390 e. The molecule has 0 radical (unpaired) electrons. The molecular formula is C69H124N12O14. The van der Waals surface area contributed by atoms with Gasteiger partial charge in [-0.1, -0.05) is 95.2 Å². The van der Waals surface area contributed by atoms with E-state index in [1.54, 1.807) is 60.6 Å². The van der Waals surface area contributed by atoms with Crippen molar-refractivity contribution in [3.05, 3.63) is 12.2 Å². The summed E-state index contributed by atoms with van der Waals surface area (Å²) >= 11 is 0. The molecule has 0 spiro atoms. The van der Waals surface area contributed by atoms with Crippen molar-refractivity contribution in [1.29, 1.82) is 0 Å². The first-order valence-electron chi connectivity index (χ1n) is 34.4. The third kappa shape index (κ3) is 24.4. The maximum atomic E-state index is 15.4. The number of aliphatic hydroxyl groups is 2. The lowest BCUT2D eigenvalue weighted by Gasteiger charge is -2.41. The Morgan fingerprint density at radius 1 is 0.516 bits per heavy atom. The molecule has 6 N–H and O–H groups in total. The molecule has 0 bridgehead atoms. The number of ether oxygens (including phenoxy) is 1. The summed E-state index contributed by atoms with van der Waals surface area (Å²) in [6, 6.07) is -14.7. The molecule has 26 nitrogen and oxygen atoms in total. The van der Waals surface area contributed by atoms with E-state index in [1.807, 2.05) is 41.5 Å². The van der Waals surface area contributed by atoms with Crippen LogP contribution in [0.1, 0.15) is 169 Å². The number of nitrogens with zero attached hydrogens (tertiary/aromatic N) is 8. The number of aliphatic hydroxyl groups excluding tert-OH is 1. The molecule has 2 fully saturated rings. The first-order valence-corrected chi connectivity index (χ1v) is 34.4. The zero-order valence-electron chi connectivity index (χ0n) is 62.1.